The SMILES string of the molecule is O=C(N=C1SC(Br)CN1c1cccc(C(F)(F)F)c1)C(F)Cl. The summed E-state index contributed by atoms with van der Waals surface area (Å²) in [6.07, 6.45) is -4.48. The lowest BCUT2D eigenvalue weighted by atomic mass is 10.2. The standard InChI is InChI=1S/C12H8BrClF4N2OS/c13-8-5-20(11(22-8)19-10(21)9(14)15)7-3-1-2-6(4-7)12(16,17)18/h1-4,8-9H,5H2. The minimum absolute atomic E-state index is 0.0921. The first kappa shape index (κ1) is 17.6. The molecule has 10 heteroatoms. The lowest BCUT2D eigenvalue weighted by Crippen LogP contribution is -2.26. The number of amides is 1. The largest absolute Gasteiger partial charge is 0.416 e. The molecule has 1 heterocycles. The van der Waals surface area contributed by atoms with Gasteiger partial charge in [0.1, 0.15) is 0 Å². The van der Waals surface area contributed by atoms with Crippen LogP contribution in [0.25, 0.3) is 0 Å². The van der Waals surface area contributed by atoms with E-state index in [0.717, 1.165) is 23.9 Å². The van der Waals surface area contributed by atoms with Crippen molar-refractivity contribution in [1.82, 2.24) is 0 Å². The molecule has 0 saturated carbocycles. The summed E-state index contributed by atoms with van der Waals surface area (Å²) in [5.74, 6) is -1.19. The molecule has 0 radical (unpaired) electrons. The Bertz CT molecular complexity index is 611. The summed E-state index contributed by atoms with van der Waals surface area (Å²) >= 11 is 9.38. The summed E-state index contributed by atoms with van der Waals surface area (Å²) < 4.78 is 50.8. The monoisotopic (exact) mass is 418 g/mol. The maximum atomic E-state index is 12.8. The molecule has 1 aromatic carbocycles. The minimum atomic E-state index is -4.48. The van der Waals surface area contributed by atoms with Crippen LogP contribution in [0.2, 0.25) is 0 Å². The van der Waals surface area contributed by atoms with Crippen LogP contribution in [-0.4, -0.2) is 27.4 Å². The third kappa shape index (κ3) is 4.14. The molecule has 22 heavy (non-hydrogen) atoms. The molecule has 2 atom stereocenters. The Balaban J connectivity index is 2.35. The molecule has 1 saturated heterocycles. The van der Waals surface area contributed by atoms with Gasteiger partial charge in [-0.2, -0.15) is 18.2 Å². The second kappa shape index (κ2) is 6.76. The number of benzene rings is 1. The smallest absolute Gasteiger partial charge is 0.319 e. The van der Waals surface area contributed by atoms with Crippen molar-refractivity contribution in [3.05, 3.63) is 29.8 Å². The predicted molar refractivity (Wildman–Crippen MR) is 82.3 cm³/mol. The maximum Gasteiger partial charge on any atom is 0.416 e. The Hall–Kier alpha value is -0.800. The van der Waals surface area contributed by atoms with Crippen LogP contribution in [0.3, 0.4) is 0 Å². The summed E-state index contributed by atoms with van der Waals surface area (Å²) in [7, 11) is 0. The fourth-order valence-electron chi connectivity index (χ4n) is 1.73. The number of halogens is 6. The van der Waals surface area contributed by atoms with Gasteiger partial charge in [-0.3, -0.25) is 4.79 Å². The summed E-state index contributed by atoms with van der Waals surface area (Å²) in [4.78, 5) is 16.2. The number of aliphatic imine (C=N–C) groups is 1. The molecule has 2 unspecified atom stereocenters. The summed E-state index contributed by atoms with van der Waals surface area (Å²) in [5.41, 5.74) is -2.90. The van der Waals surface area contributed by atoms with E-state index in [9.17, 15) is 22.4 Å². The Kier molecular flexibility index (Phi) is 5.39. The average Bonchev–Trinajstić information content (AvgIpc) is 2.78. The molecular weight excluding hydrogens is 412 g/mol. The molecular formula is C12H8BrClF4N2OS. The molecule has 1 aliphatic rings. The lowest BCUT2D eigenvalue weighted by Gasteiger charge is -2.19. The van der Waals surface area contributed by atoms with Gasteiger partial charge >= 0.3 is 6.18 Å². The van der Waals surface area contributed by atoms with Crippen molar-refractivity contribution in [3.8, 4) is 0 Å². The number of hydrogen-bond acceptors (Lipinski definition) is 2. The van der Waals surface area contributed by atoms with Crippen molar-refractivity contribution in [2.45, 2.75) is 16.0 Å². The minimum Gasteiger partial charge on any atom is -0.319 e. The Morgan fingerprint density at radius 1 is 1.50 bits per heavy atom. The van der Waals surface area contributed by atoms with E-state index in [4.69, 9.17) is 11.6 Å². The molecule has 0 spiro atoms. The molecule has 3 nitrogen and oxygen atoms in total. The highest BCUT2D eigenvalue weighted by molar-refractivity contribution is 9.11. The first-order chi connectivity index (χ1) is 10.2. The van der Waals surface area contributed by atoms with Crippen LogP contribution in [0.5, 0.6) is 0 Å². The third-order valence-corrected chi connectivity index (χ3v) is 4.63. The van der Waals surface area contributed by atoms with E-state index in [1.54, 1.807) is 0 Å². The van der Waals surface area contributed by atoms with Gasteiger partial charge in [-0.1, -0.05) is 45.4 Å². The first-order valence-corrected chi connectivity index (χ1v) is 8.08. The van der Waals surface area contributed by atoms with Gasteiger partial charge in [-0.15, -0.1) is 0 Å². The van der Waals surface area contributed by atoms with Crippen molar-refractivity contribution < 1.29 is 22.4 Å². The van der Waals surface area contributed by atoms with E-state index < -0.39 is 23.3 Å². The average molecular weight is 420 g/mol. The molecule has 1 aliphatic heterocycles. The van der Waals surface area contributed by atoms with Crippen molar-refractivity contribution >= 4 is 56.1 Å². The van der Waals surface area contributed by atoms with E-state index in [1.165, 1.54) is 17.0 Å². The zero-order chi connectivity index (χ0) is 16.5. The Labute approximate surface area is 140 Å². The second-order valence-electron chi connectivity index (χ2n) is 4.22. The first-order valence-electron chi connectivity index (χ1n) is 5.84. The third-order valence-electron chi connectivity index (χ3n) is 2.67. The zero-order valence-electron chi connectivity index (χ0n) is 10.6. The topological polar surface area (TPSA) is 32.7 Å². The molecule has 0 N–H and O–H groups in total. The zero-order valence-corrected chi connectivity index (χ0v) is 13.8. The van der Waals surface area contributed by atoms with E-state index in [0.29, 0.717) is 0 Å². The molecule has 1 aromatic rings. The van der Waals surface area contributed by atoms with Crippen LogP contribution in [0.15, 0.2) is 29.3 Å². The number of rotatable bonds is 2. The highest BCUT2D eigenvalue weighted by Gasteiger charge is 2.33. The van der Waals surface area contributed by atoms with Crippen molar-refractivity contribution in [3.63, 3.8) is 0 Å². The number of hydrogen-bond donors (Lipinski definition) is 0. The quantitative estimate of drug-likeness (QED) is 0.526. The van der Waals surface area contributed by atoms with Gasteiger partial charge in [0.2, 0.25) is 0 Å². The number of nitrogens with zero attached hydrogens (tertiary/aromatic N) is 2. The molecule has 0 aromatic heterocycles. The Morgan fingerprint density at radius 2 is 2.18 bits per heavy atom. The van der Waals surface area contributed by atoms with E-state index in [-0.39, 0.29) is 21.6 Å². The Morgan fingerprint density at radius 3 is 2.77 bits per heavy atom. The number of anilines is 1. The van der Waals surface area contributed by atoms with Gasteiger partial charge in [0, 0.05) is 12.2 Å². The normalized spacial score (nSPS) is 22.2. The summed E-state index contributed by atoms with van der Waals surface area (Å²) in [6.45, 7) is 0.275. The number of amidine groups is 1. The number of carbonyl (C=O) groups excluding carboxylic acids is 1. The maximum absolute atomic E-state index is 12.8. The van der Waals surface area contributed by atoms with Crippen LogP contribution in [0.4, 0.5) is 23.2 Å². The van der Waals surface area contributed by atoms with Gasteiger partial charge < -0.3 is 4.90 Å². The van der Waals surface area contributed by atoms with Crippen LogP contribution < -0.4 is 4.90 Å². The van der Waals surface area contributed by atoms with E-state index in [1.807, 2.05) is 0 Å². The van der Waals surface area contributed by atoms with Crippen molar-refractivity contribution in [2.24, 2.45) is 4.99 Å². The van der Waals surface area contributed by atoms with Gasteiger partial charge in [0.25, 0.3) is 11.5 Å². The van der Waals surface area contributed by atoms with Crippen LogP contribution in [-0.2, 0) is 11.0 Å². The molecule has 1 amide bonds. The number of alkyl halides is 6. The molecule has 2 rings (SSSR count). The van der Waals surface area contributed by atoms with E-state index in [2.05, 4.69) is 20.9 Å². The fourth-order valence-corrected chi connectivity index (χ4v) is 3.47. The van der Waals surface area contributed by atoms with Crippen LogP contribution in [0, 0.1) is 0 Å². The van der Waals surface area contributed by atoms with Gasteiger partial charge in [0.05, 0.1) is 9.72 Å². The van der Waals surface area contributed by atoms with Crippen LogP contribution in [0.1, 0.15) is 5.56 Å². The van der Waals surface area contributed by atoms with Gasteiger partial charge in [-0.25, -0.2) is 4.39 Å². The summed E-state index contributed by atoms with van der Waals surface area (Å²) in [6, 6.07) is 4.59. The van der Waals surface area contributed by atoms with Crippen molar-refractivity contribution in [1.29, 1.82) is 0 Å². The highest BCUT2D eigenvalue weighted by Crippen LogP contribution is 2.37. The molecule has 120 valence electrons. The van der Waals surface area contributed by atoms with Crippen LogP contribution >= 0.6 is 39.3 Å². The highest BCUT2D eigenvalue weighted by atomic mass is 79.9. The fraction of sp³-hybridized carbons (Fsp3) is 0.333. The van der Waals surface area contributed by atoms with Crippen molar-refractivity contribution in [2.75, 3.05) is 11.4 Å². The van der Waals surface area contributed by atoms with E-state index >= 15 is 0 Å². The number of carbonyl (C=O) groups is 1. The summed E-state index contributed by atoms with van der Waals surface area (Å²) in [5, 5.41) is 0.0921. The number of thioether (sulfide) groups is 1. The van der Waals surface area contributed by atoms with Gasteiger partial charge in [0.15, 0.2) is 5.17 Å². The predicted octanol–water partition coefficient (Wildman–Crippen LogP) is 4.40. The van der Waals surface area contributed by atoms with Gasteiger partial charge in [-0.05, 0) is 18.2 Å². The molecule has 0 bridgehead atoms. The molecule has 0 aliphatic carbocycles. The lowest BCUT2D eigenvalue weighted by molar-refractivity contribution is -0.137. The molecule has 1 fully saturated rings. The second-order valence-corrected chi connectivity index (χ2v) is 7.48.